The standard InChI is InChI=1S/C19H36N6/c1-7-17-16(18(8-2)24(6)23-17)13-21-19(20-5)22-15-10-11-25(9-3)14(4)12-15/h14-15H,7-13H2,1-6H3,(H2,20,21,22)/t14-,15-/m1/s1. The van der Waals surface area contributed by atoms with Crippen molar-refractivity contribution in [2.45, 2.75) is 72.0 Å². The number of hydrogen-bond acceptors (Lipinski definition) is 3. The van der Waals surface area contributed by atoms with Crippen molar-refractivity contribution in [1.82, 2.24) is 25.3 Å². The number of aliphatic imine (C=N–C) groups is 1. The van der Waals surface area contributed by atoms with Gasteiger partial charge in [-0.05, 0) is 39.2 Å². The maximum absolute atomic E-state index is 4.66. The van der Waals surface area contributed by atoms with Gasteiger partial charge >= 0.3 is 0 Å². The molecule has 1 aromatic heterocycles. The Bertz CT molecular complexity index is 577. The van der Waals surface area contributed by atoms with Gasteiger partial charge in [0.05, 0.1) is 5.69 Å². The van der Waals surface area contributed by atoms with Crippen LogP contribution in [0.2, 0.25) is 0 Å². The van der Waals surface area contributed by atoms with Crippen molar-refractivity contribution in [2.24, 2.45) is 12.0 Å². The van der Waals surface area contributed by atoms with Crippen molar-refractivity contribution in [3.05, 3.63) is 17.0 Å². The molecule has 0 amide bonds. The van der Waals surface area contributed by atoms with Crippen molar-refractivity contribution >= 4 is 5.96 Å². The number of hydrogen-bond donors (Lipinski definition) is 2. The summed E-state index contributed by atoms with van der Waals surface area (Å²) in [6, 6.07) is 1.13. The highest BCUT2D eigenvalue weighted by Crippen LogP contribution is 2.17. The summed E-state index contributed by atoms with van der Waals surface area (Å²) < 4.78 is 2.02. The highest BCUT2D eigenvalue weighted by atomic mass is 15.3. The second-order valence-electron chi connectivity index (χ2n) is 6.97. The van der Waals surface area contributed by atoms with Crippen molar-refractivity contribution in [1.29, 1.82) is 0 Å². The van der Waals surface area contributed by atoms with Crippen LogP contribution in [0.3, 0.4) is 0 Å². The van der Waals surface area contributed by atoms with Crippen LogP contribution in [-0.2, 0) is 26.4 Å². The SMILES string of the molecule is CCc1nn(C)c(CC)c1CNC(=NC)N[C@@H]1CCN(CC)[C@H](C)C1. The number of nitrogens with one attached hydrogen (secondary N) is 2. The van der Waals surface area contributed by atoms with E-state index >= 15 is 0 Å². The second-order valence-corrected chi connectivity index (χ2v) is 6.97. The minimum Gasteiger partial charge on any atom is -0.354 e. The largest absolute Gasteiger partial charge is 0.354 e. The van der Waals surface area contributed by atoms with E-state index in [1.807, 2.05) is 18.8 Å². The van der Waals surface area contributed by atoms with Crippen LogP contribution < -0.4 is 10.6 Å². The molecule has 0 unspecified atom stereocenters. The average molecular weight is 349 g/mol. The van der Waals surface area contributed by atoms with Gasteiger partial charge < -0.3 is 15.5 Å². The molecule has 0 bridgehead atoms. The lowest BCUT2D eigenvalue weighted by molar-refractivity contribution is 0.149. The number of guanidine groups is 1. The first-order valence-corrected chi connectivity index (χ1v) is 9.78. The first-order valence-electron chi connectivity index (χ1n) is 9.78. The fraction of sp³-hybridized carbons (Fsp3) is 0.789. The Morgan fingerprint density at radius 1 is 1.28 bits per heavy atom. The molecular formula is C19H36N6. The fourth-order valence-electron chi connectivity index (χ4n) is 3.98. The van der Waals surface area contributed by atoms with Gasteiger partial charge in [0, 0.05) is 50.5 Å². The molecule has 25 heavy (non-hydrogen) atoms. The second kappa shape index (κ2) is 9.22. The lowest BCUT2D eigenvalue weighted by atomic mass is 9.98. The van der Waals surface area contributed by atoms with E-state index in [-0.39, 0.29) is 0 Å². The zero-order valence-electron chi connectivity index (χ0n) is 16.9. The van der Waals surface area contributed by atoms with Crippen LogP contribution in [0.15, 0.2) is 4.99 Å². The summed E-state index contributed by atoms with van der Waals surface area (Å²) in [5, 5.41) is 11.8. The number of likely N-dealkylation sites (tertiary alicyclic amines) is 1. The predicted octanol–water partition coefficient (Wildman–Crippen LogP) is 2.08. The van der Waals surface area contributed by atoms with E-state index in [1.54, 1.807) is 0 Å². The molecule has 1 aliphatic heterocycles. The quantitative estimate of drug-likeness (QED) is 0.610. The van der Waals surface area contributed by atoms with Gasteiger partial charge in [-0.15, -0.1) is 0 Å². The van der Waals surface area contributed by atoms with Crippen LogP contribution in [0.4, 0.5) is 0 Å². The molecule has 0 spiro atoms. The smallest absolute Gasteiger partial charge is 0.191 e. The van der Waals surface area contributed by atoms with E-state index in [4.69, 9.17) is 0 Å². The minimum atomic E-state index is 0.495. The molecule has 0 aliphatic carbocycles. The summed E-state index contributed by atoms with van der Waals surface area (Å²) in [5.41, 5.74) is 3.82. The minimum absolute atomic E-state index is 0.495. The van der Waals surface area contributed by atoms with Crippen LogP contribution in [-0.4, -0.2) is 52.9 Å². The van der Waals surface area contributed by atoms with Gasteiger partial charge in [-0.25, -0.2) is 0 Å². The first-order chi connectivity index (χ1) is 12.0. The third-order valence-electron chi connectivity index (χ3n) is 5.44. The van der Waals surface area contributed by atoms with Gasteiger partial charge in [-0.2, -0.15) is 5.10 Å². The van der Waals surface area contributed by atoms with E-state index in [0.29, 0.717) is 12.1 Å². The van der Waals surface area contributed by atoms with Crippen molar-refractivity contribution < 1.29 is 0 Å². The maximum atomic E-state index is 4.66. The van der Waals surface area contributed by atoms with Crippen molar-refractivity contribution in [2.75, 3.05) is 20.1 Å². The fourth-order valence-corrected chi connectivity index (χ4v) is 3.98. The van der Waals surface area contributed by atoms with Gasteiger partial charge in [-0.1, -0.05) is 20.8 Å². The Morgan fingerprint density at radius 3 is 2.60 bits per heavy atom. The molecule has 0 aromatic carbocycles. The molecule has 2 atom stereocenters. The molecule has 0 saturated carbocycles. The van der Waals surface area contributed by atoms with Crippen LogP contribution in [0, 0.1) is 0 Å². The third-order valence-corrected chi connectivity index (χ3v) is 5.44. The molecule has 142 valence electrons. The predicted molar refractivity (Wildman–Crippen MR) is 105 cm³/mol. The number of aromatic nitrogens is 2. The topological polar surface area (TPSA) is 57.5 Å². The molecule has 1 saturated heterocycles. The van der Waals surface area contributed by atoms with Crippen molar-refractivity contribution in [3.8, 4) is 0 Å². The molecule has 6 nitrogen and oxygen atoms in total. The number of piperidine rings is 1. The normalized spacial score (nSPS) is 22.2. The molecule has 1 aromatic rings. The molecule has 6 heteroatoms. The molecule has 1 fully saturated rings. The van der Waals surface area contributed by atoms with E-state index in [1.165, 1.54) is 29.8 Å². The van der Waals surface area contributed by atoms with E-state index in [0.717, 1.165) is 38.4 Å². The number of nitrogens with zero attached hydrogens (tertiary/aromatic N) is 4. The summed E-state index contributed by atoms with van der Waals surface area (Å²) >= 11 is 0. The van der Waals surface area contributed by atoms with E-state index in [2.05, 4.69) is 53.3 Å². The Morgan fingerprint density at radius 2 is 2.04 bits per heavy atom. The summed E-state index contributed by atoms with van der Waals surface area (Å²) in [7, 11) is 3.89. The highest BCUT2D eigenvalue weighted by Gasteiger charge is 2.25. The number of aryl methyl sites for hydroxylation is 2. The lowest BCUT2D eigenvalue weighted by Gasteiger charge is -2.37. The molecule has 1 aliphatic rings. The monoisotopic (exact) mass is 348 g/mol. The molecule has 2 N–H and O–H groups in total. The molecule has 2 heterocycles. The Kier molecular flexibility index (Phi) is 7.29. The summed E-state index contributed by atoms with van der Waals surface area (Å²) in [4.78, 5) is 6.98. The van der Waals surface area contributed by atoms with E-state index in [9.17, 15) is 0 Å². The van der Waals surface area contributed by atoms with Gasteiger partial charge in [-0.3, -0.25) is 9.67 Å². The van der Waals surface area contributed by atoms with Gasteiger partial charge in [0.15, 0.2) is 5.96 Å². The van der Waals surface area contributed by atoms with Crippen LogP contribution in [0.25, 0.3) is 0 Å². The third kappa shape index (κ3) is 4.75. The summed E-state index contributed by atoms with van der Waals surface area (Å²) in [6.07, 6.45) is 4.30. The van der Waals surface area contributed by atoms with Crippen molar-refractivity contribution in [3.63, 3.8) is 0 Å². The molecule has 2 rings (SSSR count). The van der Waals surface area contributed by atoms with Gasteiger partial charge in [0.2, 0.25) is 0 Å². The molecular weight excluding hydrogens is 312 g/mol. The van der Waals surface area contributed by atoms with Gasteiger partial charge in [0.25, 0.3) is 0 Å². The van der Waals surface area contributed by atoms with E-state index < -0.39 is 0 Å². The van der Waals surface area contributed by atoms with Crippen LogP contribution in [0.5, 0.6) is 0 Å². The molecule has 0 radical (unpaired) electrons. The zero-order valence-corrected chi connectivity index (χ0v) is 16.9. The average Bonchev–Trinajstić information content (AvgIpc) is 2.93. The van der Waals surface area contributed by atoms with Gasteiger partial charge in [0.1, 0.15) is 0 Å². The first kappa shape index (κ1) is 19.8. The lowest BCUT2D eigenvalue weighted by Crippen LogP contribution is -2.51. The highest BCUT2D eigenvalue weighted by molar-refractivity contribution is 5.80. The summed E-state index contributed by atoms with van der Waals surface area (Å²) in [6.45, 7) is 12.0. The number of rotatable bonds is 6. The van der Waals surface area contributed by atoms with Crippen LogP contribution >= 0.6 is 0 Å². The zero-order chi connectivity index (χ0) is 18.4. The Labute approximate surface area is 153 Å². The maximum Gasteiger partial charge on any atom is 0.191 e. The Hall–Kier alpha value is -1.56. The van der Waals surface area contributed by atoms with Crippen LogP contribution in [0.1, 0.15) is 57.5 Å². The Balaban J connectivity index is 1.95. The summed E-state index contributed by atoms with van der Waals surface area (Å²) in [5.74, 6) is 0.898.